The van der Waals surface area contributed by atoms with Crippen LogP contribution in [-0.4, -0.2) is 4.99 Å². The quantitative estimate of drug-likeness (QED) is 0.614. The van der Waals surface area contributed by atoms with E-state index in [0.717, 1.165) is 11.4 Å². The van der Waals surface area contributed by atoms with Gasteiger partial charge >= 0.3 is 0 Å². The standard InChI is InChI=1S/C8H7NS.C2H6/c10-8-5-6-3-1-2-4-7(6)9-8;1-2/h1-4H,5H2,(H,9,10);1-2H3. The predicted molar refractivity (Wildman–Crippen MR) is 57.7 cm³/mol. The van der Waals surface area contributed by atoms with Crippen LogP contribution in [0.15, 0.2) is 24.3 Å². The molecule has 0 aliphatic carbocycles. The van der Waals surface area contributed by atoms with Gasteiger partial charge in [-0.15, -0.1) is 0 Å². The molecule has 2 heteroatoms. The third-order valence-electron chi connectivity index (χ3n) is 1.64. The summed E-state index contributed by atoms with van der Waals surface area (Å²) in [6.07, 6.45) is 0.908. The molecule has 64 valence electrons. The van der Waals surface area contributed by atoms with Crippen LogP contribution in [0.5, 0.6) is 0 Å². The fourth-order valence-electron chi connectivity index (χ4n) is 1.16. The van der Waals surface area contributed by atoms with Crippen LogP contribution in [-0.2, 0) is 6.42 Å². The highest BCUT2D eigenvalue weighted by molar-refractivity contribution is 7.80. The molecule has 0 spiro atoms. The molecule has 0 unspecified atom stereocenters. The Labute approximate surface area is 78.8 Å². The van der Waals surface area contributed by atoms with Gasteiger partial charge in [-0.3, -0.25) is 0 Å². The minimum absolute atomic E-state index is 0.908. The maximum atomic E-state index is 5.01. The summed E-state index contributed by atoms with van der Waals surface area (Å²) in [6, 6.07) is 8.20. The van der Waals surface area contributed by atoms with E-state index in [-0.39, 0.29) is 0 Å². The molecule has 12 heavy (non-hydrogen) atoms. The molecule has 0 amide bonds. The van der Waals surface area contributed by atoms with Crippen molar-refractivity contribution < 1.29 is 0 Å². The molecule has 0 radical (unpaired) electrons. The molecular formula is C10H13NS. The Morgan fingerprint density at radius 3 is 2.58 bits per heavy atom. The second-order valence-electron chi connectivity index (χ2n) is 2.38. The summed E-state index contributed by atoms with van der Waals surface area (Å²) in [5, 5.41) is 3.13. The Bertz CT molecular complexity index is 254. The largest absolute Gasteiger partial charge is 0.350 e. The van der Waals surface area contributed by atoms with Gasteiger partial charge in [0.1, 0.15) is 0 Å². The third kappa shape index (κ3) is 1.83. The number of thiocarbonyl (C=S) groups is 1. The second-order valence-corrected chi connectivity index (χ2v) is 2.87. The molecule has 0 atom stereocenters. The molecule has 0 saturated carbocycles. The fourth-order valence-corrected chi connectivity index (χ4v) is 1.43. The van der Waals surface area contributed by atoms with Crippen molar-refractivity contribution >= 4 is 22.9 Å². The van der Waals surface area contributed by atoms with E-state index in [4.69, 9.17) is 12.2 Å². The van der Waals surface area contributed by atoms with Crippen molar-refractivity contribution in [3.63, 3.8) is 0 Å². The van der Waals surface area contributed by atoms with Crippen molar-refractivity contribution in [1.29, 1.82) is 0 Å². The third-order valence-corrected chi connectivity index (χ3v) is 1.89. The van der Waals surface area contributed by atoms with Gasteiger partial charge in [-0.25, -0.2) is 0 Å². The lowest BCUT2D eigenvalue weighted by Gasteiger charge is -1.94. The zero-order valence-electron chi connectivity index (χ0n) is 7.42. The molecule has 0 fully saturated rings. The topological polar surface area (TPSA) is 12.0 Å². The van der Waals surface area contributed by atoms with Gasteiger partial charge in [-0.1, -0.05) is 44.3 Å². The van der Waals surface area contributed by atoms with E-state index in [2.05, 4.69) is 17.4 Å². The molecule has 0 aromatic heterocycles. The van der Waals surface area contributed by atoms with Crippen molar-refractivity contribution in [3.8, 4) is 0 Å². The lowest BCUT2D eigenvalue weighted by atomic mass is 10.2. The Balaban J connectivity index is 0.000000336. The van der Waals surface area contributed by atoms with Gasteiger partial charge in [0.05, 0.1) is 4.99 Å². The summed E-state index contributed by atoms with van der Waals surface area (Å²) < 4.78 is 0. The van der Waals surface area contributed by atoms with E-state index in [1.165, 1.54) is 11.3 Å². The van der Waals surface area contributed by atoms with Crippen LogP contribution in [0.3, 0.4) is 0 Å². The molecular weight excluding hydrogens is 166 g/mol. The van der Waals surface area contributed by atoms with Crippen LogP contribution in [0.4, 0.5) is 5.69 Å². The fraction of sp³-hybridized carbons (Fsp3) is 0.300. The average molecular weight is 179 g/mol. The van der Waals surface area contributed by atoms with E-state index >= 15 is 0 Å². The number of fused-ring (bicyclic) bond motifs is 1. The van der Waals surface area contributed by atoms with E-state index < -0.39 is 0 Å². The lowest BCUT2D eigenvalue weighted by molar-refractivity contribution is 1.43. The molecule has 1 N–H and O–H groups in total. The molecule has 1 heterocycles. The smallest absolute Gasteiger partial charge is 0.0842 e. The Hall–Kier alpha value is -0.890. The van der Waals surface area contributed by atoms with Crippen LogP contribution >= 0.6 is 12.2 Å². The number of para-hydroxylation sites is 1. The highest BCUT2D eigenvalue weighted by atomic mass is 32.1. The van der Waals surface area contributed by atoms with Crippen molar-refractivity contribution in [2.45, 2.75) is 20.3 Å². The summed E-state index contributed by atoms with van der Waals surface area (Å²) in [6.45, 7) is 4.00. The predicted octanol–water partition coefficient (Wildman–Crippen LogP) is 3.01. The van der Waals surface area contributed by atoms with Crippen molar-refractivity contribution in [1.82, 2.24) is 0 Å². The van der Waals surface area contributed by atoms with E-state index in [0.29, 0.717) is 0 Å². The summed E-state index contributed by atoms with van der Waals surface area (Å²) in [7, 11) is 0. The lowest BCUT2D eigenvalue weighted by Crippen LogP contribution is -2.00. The Morgan fingerprint density at radius 1 is 1.25 bits per heavy atom. The summed E-state index contributed by atoms with van der Waals surface area (Å²) in [5.74, 6) is 0. The van der Waals surface area contributed by atoms with Gasteiger partial charge in [-0.2, -0.15) is 0 Å². The molecule has 1 aromatic carbocycles. The van der Waals surface area contributed by atoms with Crippen molar-refractivity contribution in [3.05, 3.63) is 29.8 Å². The van der Waals surface area contributed by atoms with Crippen molar-refractivity contribution in [2.24, 2.45) is 0 Å². The number of benzene rings is 1. The zero-order chi connectivity index (χ0) is 8.97. The van der Waals surface area contributed by atoms with Crippen LogP contribution in [0.1, 0.15) is 19.4 Å². The normalized spacial score (nSPS) is 12.7. The number of hydrogen-bond acceptors (Lipinski definition) is 1. The minimum atomic E-state index is 0.908. The van der Waals surface area contributed by atoms with Crippen LogP contribution in [0.2, 0.25) is 0 Å². The molecule has 0 bridgehead atoms. The number of rotatable bonds is 0. The number of nitrogens with one attached hydrogen (secondary N) is 1. The van der Waals surface area contributed by atoms with Crippen LogP contribution in [0.25, 0.3) is 0 Å². The van der Waals surface area contributed by atoms with Gasteiger partial charge in [0.2, 0.25) is 0 Å². The highest BCUT2D eigenvalue weighted by Gasteiger charge is 2.11. The van der Waals surface area contributed by atoms with Crippen molar-refractivity contribution in [2.75, 3.05) is 5.32 Å². The first-order valence-corrected chi connectivity index (χ1v) is 4.65. The van der Waals surface area contributed by atoms with Crippen LogP contribution in [0, 0.1) is 0 Å². The summed E-state index contributed by atoms with van der Waals surface area (Å²) in [4.78, 5) is 0.932. The second kappa shape index (κ2) is 4.21. The van der Waals surface area contributed by atoms with E-state index in [1.807, 2.05) is 26.0 Å². The van der Waals surface area contributed by atoms with Gasteiger partial charge < -0.3 is 5.32 Å². The SMILES string of the molecule is CC.S=C1Cc2ccccc2N1. The molecule has 1 aliphatic heterocycles. The Morgan fingerprint density at radius 2 is 1.92 bits per heavy atom. The Kier molecular flexibility index (Phi) is 3.23. The molecule has 1 nitrogen and oxygen atoms in total. The molecule has 1 aliphatic rings. The first kappa shape index (κ1) is 9.20. The highest BCUT2D eigenvalue weighted by Crippen LogP contribution is 2.21. The maximum absolute atomic E-state index is 5.01. The maximum Gasteiger partial charge on any atom is 0.0842 e. The average Bonchev–Trinajstić information content (AvgIpc) is 2.48. The van der Waals surface area contributed by atoms with Gasteiger partial charge in [0.25, 0.3) is 0 Å². The molecule has 2 rings (SSSR count). The minimum Gasteiger partial charge on any atom is -0.350 e. The summed E-state index contributed by atoms with van der Waals surface area (Å²) in [5.41, 5.74) is 2.49. The van der Waals surface area contributed by atoms with Crippen LogP contribution < -0.4 is 5.32 Å². The molecule has 1 aromatic rings. The first-order chi connectivity index (χ1) is 5.86. The number of anilines is 1. The summed E-state index contributed by atoms with van der Waals surface area (Å²) >= 11 is 5.01. The first-order valence-electron chi connectivity index (χ1n) is 4.24. The van der Waals surface area contributed by atoms with Gasteiger partial charge in [-0.05, 0) is 11.6 Å². The van der Waals surface area contributed by atoms with E-state index in [1.54, 1.807) is 0 Å². The molecule has 0 saturated heterocycles. The van der Waals surface area contributed by atoms with Gasteiger partial charge in [0, 0.05) is 12.1 Å². The zero-order valence-corrected chi connectivity index (χ0v) is 8.24. The van der Waals surface area contributed by atoms with E-state index in [9.17, 15) is 0 Å². The monoisotopic (exact) mass is 179 g/mol. The van der Waals surface area contributed by atoms with Gasteiger partial charge in [0.15, 0.2) is 0 Å². The number of hydrogen-bond donors (Lipinski definition) is 1.